The number of rotatable bonds is 1. The molecule has 4 aromatic carbocycles. The van der Waals surface area contributed by atoms with Crippen LogP contribution in [0.5, 0.6) is 0 Å². The highest BCUT2D eigenvalue weighted by atomic mass is 16.1. The average molecular weight is 408 g/mol. The fraction of sp³-hybridized carbons (Fsp3) is 0.138. The van der Waals surface area contributed by atoms with Gasteiger partial charge < -0.3 is 9.36 Å². The number of hydrogen-bond acceptors (Lipinski definition) is 1. The van der Waals surface area contributed by atoms with Gasteiger partial charge in [0.05, 0.1) is 0 Å². The lowest BCUT2D eigenvalue weighted by Crippen LogP contribution is -1.90. The van der Waals surface area contributed by atoms with Gasteiger partial charge in [0.25, 0.3) is 0 Å². The number of para-hydroxylation sites is 1. The number of hydrogen-bond donors (Lipinski definition) is 0. The van der Waals surface area contributed by atoms with Crippen molar-refractivity contribution in [1.29, 1.82) is 0 Å². The summed E-state index contributed by atoms with van der Waals surface area (Å²) in [5.41, 5.74) is 9.27. The molecule has 2 nitrogen and oxygen atoms in total. The first-order chi connectivity index (χ1) is 15.1. The molecule has 0 saturated heterocycles. The first-order valence-corrected chi connectivity index (χ1v) is 10.4. The number of nitrogens with zero attached hydrogens (tertiary/aromatic N) is 1. The second kappa shape index (κ2) is 9.90. The summed E-state index contributed by atoms with van der Waals surface area (Å²) in [6.07, 6.45) is 0. The minimum Gasteiger partial charge on any atom is -0.344 e. The van der Waals surface area contributed by atoms with Crippen LogP contribution in [0.4, 0.5) is 0 Å². The van der Waals surface area contributed by atoms with E-state index in [1.54, 1.807) is 0 Å². The van der Waals surface area contributed by atoms with Gasteiger partial charge in [-0.2, -0.15) is 0 Å². The minimum absolute atomic E-state index is 1.29. The van der Waals surface area contributed by atoms with Gasteiger partial charge in [0.15, 0.2) is 0 Å². The molecule has 5 aromatic rings. The maximum Gasteiger partial charge on any atom is 0.106 e. The normalized spacial score (nSPS) is 10.2. The van der Waals surface area contributed by atoms with Crippen molar-refractivity contribution in [3.05, 3.63) is 108 Å². The monoisotopic (exact) mass is 407 g/mol. The van der Waals surface area contributed by atoms with Crippen LogP contribution in [0.25, 0.3) is 32.9 Å². The number of carbonyl (C=O) groups is 1. The van der Waals surface area contributed by atoms with Gasteiger partial charge in [-0.1, -0.05) is 84.4 Å². The third kappa shape index (κ3) is 4.44. The Labute approximate surface area is 184 Å². The lowest BCUT2D eigenvalue weighted by Gasteiger charge is -2.11. The smallest absolute Gasteiger partial charge is 0.106 e. The summed E-state index contributed by atoms with van der Waals surface area (Å²) in [6, 6.07) is 32.1. The van der Waals surface area contributed by atoms with E-state index in [9.17, 15) is 0 Å². The molecule has 0 aliphatic heterocycles. The van der Waals surface area contributed by atoms with Crippen molar-refractivity contribution < 1.29 is 4.79 Å². The van der Waals surface area contributed by atoms with E-state index in [1.165, 1.54) is 49.6 Å². The Balaban J connectivity index is 0.000000256. The Hall–Kier alpha value is -3.65. The standard InChI is InChI=1S/C21H19N.C7H8.CH2O/c1-14-8-4-5-9-16(14)17-12-13-20-21(15(17)2)18-10-6-7-11-19(18)22(20)3;1-7-5-3-2-4-6-7;1-2/h4-13H,1-3H3;2-6H,1H3;1H2. The van der Waals surface area contributed by atoms with Gasteiger partial charge in [-0.05, 0) is 55.2 Å². The molecule has 0 saturated carbocycles. The predicted octanol–water partition coefficient (Wildman–Crippen LogP) is 7.43. The van der Waals surface area contributed by atoms with Crippen molar-refractivity contribution in [2.24, 2.45) is 7.05 Å². The van der Waals surface area contributed by atoms with Crippen LogP contribution in [0.3, 0.4) is 0 Å². The lowest BCUT2D eigenvalue weighted by atomic mass is 9.94. The van der Waals surface area contributed by atoms with E-state index in [0.29, 0.717) is 0 Å². The zero-order chi connectivity index (χ0) is 22.4. The van der Waals surface area contributed by atoms with Gasteiger partial charge in [0.2, 0.25) is 0 Å². The van der Waals surface area contributed by atoms with Crippen molar-refractivity contribution in [2.75, 3.05) is 0 Å². The van der Waals surface area contributed by atoms with E-state index in [4.69, 9.17) is 4.79 Å². The molecule has 156 valence electrons. The summed E-state index contributed by atoms with van der Waals surface area (Å²) >= 11 is 0. The number of fused-ring (bicyclic) bond motifs is 3. The molecule has 0 unspecified atom stereocenters. The highest BCUT2D eigenvalue weighted by Crippen LogP contribution is 2.36. The van der Waals surface area contributed by atoms with Gasteiger partial charge in [0.1, 0.15) is 6.79 Å². The summed E-state index contributed by atoms with van der Waals surface area (Å²) in [5, 5.41) is 2.71. The molecule has 31 heavy (non-hydrogen) atoms. The molecule has 0 spiro atoms. The molecular weight excluding hydrogens is 378 g/mol. The Morgan fingerprint density at radius 1 is 0.613 bits per heavy atom. The molecule has 0 radical (unpaired) electrons. The van der Waals surface area contributed by atoms with E-state index in [1.807, 2.05) is 25.0 Å². The quantitative estimate of drug-likeness (QED) is 0.283. The molecular formula is C29H29NO. The molecule has 0 aliphatic carbocycles. The summed E-state index contributed by atoms with van der Waals surface area (Å²) in [4.78, 5) is 8.00. The minimum atomic E-state index is 1.29. The van der Waals surface area contributed by atoms with Gasteiger partial charge in [-0.25, -0.2) is 0 Å². The molecule has 0 aliphatic rings. The maximum atomic E-state index is 8.00. The third-order valence-corrected chi connectivity index (χ3v) is 5.71. The second-order valence-electron chi connectivity index (χ2n) is 7.68. The van der Waals surface area contributed by atoms with E-state index < -0.39 is 0 Å². The Morgan fingerprint density at radius 3 is 1.87 bits per heavy atom. The van der Waals surface area contributed by atoms with Crippen LogP contribution in [0, 0.1) is 20.8 Å². The van der Waals surface area contributed by atoms with Crippen LogP contribution in [0.15, 0.2) is 91.0 Å². The number of aryl methyl sites for hydroxylation is 4. The van der Waals surface area contributed by atoms with Crippen LogP contribution < -0.4 is 0 Å². The summed E-state index contributed by atoms with van der Waals surface area (Å²) in [7, 11) is 2.15. The van der Waals surface area contributed by atoms with Crippen LogP contribution >= 0.6 is 0 Å². The average Bonchev–Trinajstić information content (AvgIpc) is 3.10. The number of aromatic nitrogens is 1. The molecule has 1 aromatic heterocycles. The molecule has 0 fully saturated rings. The number of carbonyl (C=O) groups excluding carboxylic acids is 1. The van der Waals surface area contributed by atoms with E-state index in [-0.39, 0.29) is 0 Å². The highest BCUT2D eigenvalue weighted by molar-refractivity contribution is 6.11. The Bertz CT molecular complexity index is 1300. The summed E-state index contributed by atoms with van der Waals surface area (Å²) in [5.74, 6) is 0. The van der Waals surface area contributed by atoms with Crippen LogP contribution in [-0.2, 0) is 11.8 Å². The van der Waals surface area contributed by atoms with Crippen molar-refractivity contribution in [2.45, 2.75) is 20.8 Å². The first-order valence-electron chi connectivity index (χ1n) is 10.4. The van der Waals surface area contributed by atoms with Crippen molar-refractivity contribution in [3.63, 3.8) is 0 Å². The number of benzene rings is 4. The van der Waals surface area contributed by atoms with Crippen LogP contribution in [0.2, 0.25) is 0 Å². The zero-order valence-corrected chi connectivity index (χ0v) is 18.7. The molecule has 0 bridgehead atoms. The molecule has 0 amide bonds. The zero-order valence-electron chi connectivity index (χ0n) is 18.7. The van der Waals surface area contributed by atoms with Crippen molar-refractivity contribution in [1.82, 2.24) is 4.57 Å². The lowest BCUT2D eigenvalue weighted by molar-refractivity contribution is -0.0979. The topological polar surface area (TPSA) is 22.0 Å². The van der Waals surface area contributed by atoms with Gasteiger partial charge in [0, 0.05) is 28.9 Å². The largest absolute Gasteiger partial charge is 0.344 e. The predicted molar refractivity (Wildman–Crippen MR) is 134 cm³/mol. The van der Waals surface area contributed by atoms with Gasteiger partial charge in [-0.3, -0.25) is 0 Å². The summed E-state index contributed by atoms with van der Waals surface area (Å²) < 4.78 is 2.29. The van der Waals surface area contributed by atoms with Crippen molar-refractivity contribution >= 4 is 28.6 Å². The van der Waals surface area contributed by atoms with Crippen LogP contribution in [0.1, 0.15) is 16.7 Å². The van der Waals surface area contributed by atoms with E-state index >= 15 is 0 Å². The Kier molecular flexibility index (Phi) is 7.04. The molecule has 0 N–H and O–H groups in total. The fourth-order valence-electron chi connectivity index (χ4n) is 4.13. The summed E-state index contributed by atoms with van der Waals surface area (Å²) in [6.45, 7) is 8.51. The first kappa shape index (κ1) is 22.0. The van der Waals surface area contributed by atoms with Gasteiger partial charge in [-0.15, -0.1) is 0 Å². The molecule has 5 rings (SSSR count). The molecule has 1 heterocycles. The van der Waals surface area contributed by atoms with E-state index in [0.717, 1.165) is 0 Å². The van der Waals surface area contributed by atoms with Gasteiger partial charge >= 0.3 is 0 Å². The Morgan fingerprint density at radius 2 is 1.23 bits per heavy atom. The van der Waals surface area contributed by atoms with Crippen molar-refractivity contribution in [3.8, 4) is 11.1 Å². The van der Waals surface area contributed by atoms with Crippen LogP contribution in [-0.4, -0.2) is 11.4 Å². The highest BCUT2D eigenvalue weighted by Gasteiger charge is 2.13. The maximum absolute atomic E-state index is 8.00. The van der Waals surface area contributed by atoms with E-state index in [2.05, 4.69) is 105 Å². The third-order valence-electron chi connectivity index (χ3n) is 5.71. The SMILES string of the molecule is C=O.Cc1ccccc1.Cc1ccccc1-c1ccc2c(c1C)c1ccccc1n2C. The molecule has 0 atom stereocenters. The molecule has 2 heteroatoms. The second-order valence-corrected chi connectivity index (χ2v) is 7.68. The fourth-order valence-corrected chi connectivity index (χ4v) is 4.13.